The number of ether oxygens (including phenoxy) is 2. The molecule has 0 aromatic heterocycles. The summed E-state index contributed by atoms with van der Waals surface area (Å²) in [6.45, 7) is 8.03. The minimum atomic E-state index is -0.216. The van der Waals surface area contributed by atoms with Crippen LogP contribution in [-0.2, 0) is 0 Å². The zero-order chi connectivity index (χ0) is 17.4. The monoisotopic (exact) mass is 387 g/mol. The number of carbonyl (C=O) groups is 1. The van der Waals surface area contributed by atoms with Gasteiger partial charge in [-0.3, -0.25) is 4.79 Å². The van der Waals surface area contributed by atoms with Gasteiger partial charge in [-0.05, 0) is 46.3 Å². The fourth-order valence-corrected chi connectivity index (χ4v) is 2.42. The highest BCUT2D eigenvalue weighted by molar-refractivity contribution is 9.10. The van der Waals surface area contributed by atoms with Crippen molar-refractivity contribution in [3.05, 3.63) is 77.8 Å². The number of carbonyl (C=O) groups excluding carboxylic acids is 1. The van der Waals surface area contributed by atoms with Crippen LogP contribution >= 0.6 is 15.9 Å². The van der Waals surface area contributed by atoms with E-state index < -0.39 is 0 Å². The molecule has 2 rings (SSSR count). The summed E-state index contributed by atoms with van der Waals surface area (Å²) >= 11 is 3.40. The first-order valence-corrected chi connectivity index (χ1v) is 8.11. The minimum absolute atomic E-state index is 0.216. The normalized spacial score (nSPS) is 9.88. The summed E-state index contributed by atoms with van der Waals surface area (Å²) in [4.78, 5) is 12.4. The highest BCUT2D eigenvalue weighted by Gasteiger charge is 2.10. The topological polar surface area (TPSA) is 47.6 Å². The second-order valence-corrected chi connectivity index (χ2v) is 5.68. The molecule has 0 atom stereocenters. The van der Waals surface area contributed by atoms with Gasteiger partial charge in [-0.25, -0.2) is 0 Å². The maximum Gasteiger partial charge on any atom is 0.255 e. The second kappa shape index (κ2) is 8.93. The molecule has 4 nitrogen and oxygen atoms in total. The van der Waals surface area contributed by atoms with Crippen molar-refractivity contribution >= 4 is 27.5 Å². The molecule has 0 radical (unpaired) electrons. The molecule has 0 aliphatic carbocycles. The van der Waals surface area contributed by atoms with E-state index in [4.69, 9.17) is 9.47 Å². The lowest BCUT2D eigenvalue weighted by Gasteiger charge is -2.10. The van der Waals surface area contributed by atoms with E-state index in [9.17, 15) is 4.79 Å². The Kier molecular flexibility index (Phi) is 6.63. The lowest BCUT2D eigenvalue weighted by Crippen LogP contribution is -2.12. The van der Waals surface area contributed by atoms with Gasteiger partial charge in [0.1, 0.15) is 24.7 Å². The van der Waals surface area contributed by atoms with Crippen LogP contribution in [0, 0.1) is 0 Å². The van der Waals surface area contributed by atoms with Crippen LogP contribution in [-0.4, -0.2) is 19.1 Å². The number of hydrogen-bond acceptors (Lipinski definition) is 3. The number of halogens is 1. The van der Waals surface area contributed by atoms with E-state index in [1.165, 1.54) is 0 Å². The van der Waals surface area contributed by atoms with Crippen molar-refractivity contribution in [1.29, 1.82) is 0 Å². The highest BCUT2D eigenvalue weighted by Crippen LogP contribution is 2.26. The Labute approximate surface area is 149 Å². The van der Waals surface area contributed by atoms with Crippen LogP contribution in [0.25, 0.3) is 0 Å². The Hall–Kier alpha value is -2.53. The maximum atomic E-state index is 12.4. The number of benzene rings is 2. The van der Waals surface area contributed by atoms with Crippen LogP contribution in [0.15, 0.2) is 72.2 Å². The third kappa shape index (κ3) is 4.99. The third-order valence-corrected chi connectivity index (χ3v) is 3.63. The lowest BCUT2D eigenvalue weighted by atomic mass is 10.2. The molecule has 24 heavy (non-hydrogen) atoms. The molecule has 5 heteroatoms. The molecule has 0 saturated heterocycles. The number of nitrogens with one attached hydrogen (secondary N) is 1. The van der Waals surface area contributed by atoms with E-state index in [1.807, 2.05) is 12.1 Å². The Bertz CT molecular complexity index is 743. The number of rotatable bonds is 8. The highest BCUT2D eigenvalue weighted by atomic mass is 79.9. The van der Waals surface area contributed by atoms with Crippen molar-refractivity contribution in [2.75, 3.05) is 18.5 Å². The molecule has 0 bridgehead atoms. The first-order chi connectivity index (χ1) is 11.6. The van der Waals surface area contributed by atoms with Gasteiger partial charge in [-0.15, -0.1) is 0 Å². The van der Waals surface area contributed by atoms with E-state index in [1.54, 1.807) is 42.5 Å². The molecule has 1 amide bonds. The fourth-order valence-electron chi connectivity index (χ4n) is 1.93. The summed E-state index contributed by atoms with van der Waals surface area (Å²) in [5.74, 6) is 1.11. The first-order valence-electron chi connectivity index (χ1n) is 7.32. The molecule has 2 aromatic carbocycles. The predicted molar refractivity (Wildman–Crippen MR) is 99.9 cm³/mol. The van der Waals surface area contributed by atoms with Gasteiger partial charge >= 0.3 is 0 Å². The van der Waals surface area contributed by atoms with E-state index >= 15 is 0 Å². The van der Waals surface area contributed by atoms with Gasteiger partial charge in [-0.1, -0.05) is 31.4 Å². The third-order valence-electron chi connectivity index (χ3n) is 3.01. The van der Waals surface area contributed by atoms with Crippen molar-refractivity contribution in [1.82, 2.24) is 0 Å². The van der Waals surface area contributed by atoms with Gasteiger partial charge in [0.15, 0.2) is 0 Å². The predicted octanol–water partition coefficient (Wildman–Crippen LogP) is 4.83. The Morgan fingerprint density at radius 1 is 1.08 bits per heavy atom. The molecule has 1 N–H and O–H groups in total. The van der Waals surface area contributed by atoms with E-state index in [2.05, 4.69) is 34.4 Å². The zero-order valence-electron chi connectivity index (χ0n) is 13.1. The van der Waals surface area contributed by atoms with Gasteiger partial charge in [0.25, 0.3) is 5.91 Å². The Morgan fingerprint density at radius 2 is 1.83 bits per heavy atom. The lowest BCUT2D eigenvalue weighted by molar-refractivity contribution is 0.102. The first kappa shape index (κ1) is 17.8. The van der Waals surface area contributed by atoms with Crippen LogP contribution < -0.4 is 14.8 Å². The van der Waals surface area contributed by atoms with Crippen LogP contribution in [0.4, 0.5) is 5.69 Å². The fraction of sp³-hybridized carbons (Fsp3) is 0.105. The van der Waals surface area contributed by atoms with Crippen molar-refractivity contribution in [3.63, 3.8) is 0 Å². The van der Waals surface area contributed by atoms with Crippen molar-refractivity contribution < 1.29 is 14.3 Å². The van der Waals surface area contributed by atoms with Crippen LogP contribution in [0.3, 0.4) is 0 Å². The molecule has 124 valence electrons. The van der Waals surface area contributed by atoms with Crippen molar-refractivity contribution in [2.45, 2.75) is 0 Å². The average molecular weight is 388 g/mol. The quantitative estimate of drug-likeness (QED) is 0.659. The molecule has 0 aliphatic heterocycles. The van der Waals surface area contributed by atoms with Gasteiger partial charge in [0.05, 0.1) is 4.47 Å². The number of amides is 1. The molecule has 0 spiro atoms. The Balaban J connectivity index is 2.08. The maximum absolute atomic E-state index is 12.4. The van der Waals surface area contributed by atoms with Gasteiger partial charge in [-0.2, -0.15) is 0 Å². The summed E-state index contributed by atoms with van der Waals surface area (Å²) in [6.07, 6.45) is 3.33. The summed E-state index contributed by atoms with van der Waals surface area (Å²) < 4.78 is 11.6. The SMILES string of the molecule is C=CCOc1cccc(NC(=O)c2ccc(OCC=C)c(Br)c2)c1. The molecule has 0 fully saturated rings. The molecular weight excluding hydrogens is 370 g/mol. The van der Waals surface area contributed by atoms with E-state index in [0.29, 0.717) is 40.4 Å². The standard InChI is InChI=1S/C19H18BrNO3/c1-3-10-23-16-7-5-6-15(13-16)21-19(22)14-8-9-18(17(20)12-14)24-11-4-2/h3-9,12-13H,1-2,10-11H2,(H,21,22). The second-order valence-electron chi connectivity index (χ2n) is 4.83. The van der Waals surface area contributed by atoms with Crippen LogP contribution in [0.2, 0.25) is 0 Å². The van der Waals surface area contributed by atoms with Crippen molar-refractivity contribution in [3.8, 4) is 11.5 Å². The summed E-state index contributed by atoms with van der Waals surface area (Å²) in [7, 11) is 0. The number of anilines is 1. The van der Waals surface area contributed by atoms with Crippen molar-refractivity contribution in [2.24, 2.45) is 0 Å². The van der Waals surface area contributed by atoms with E-state index in [-0.39, 0.29) is 5.91 Å². The van der Waals surface area contributed by atoms with Gasteiger partial charge < -0.3 is 14.8 Å². The van der Waals surface area contributed by atoms with E-state index in [0.717, 1.165) is 0 Å². The van der Waals surface area contributed by atoms with Gasteiger partial charge in [0, 0.05) is 17.3 Å². The average Bonchev–Trinajstić information content (AvgIpc) is 2.59. The summed E-state index contributed by atoms with van der Waals surface area (Å²) in [6, 6.07) is 12.4. The molecule has 0 heterocycles. The smallest absolute Gasteiger partial charge is 0.255 e. The number of hydrogen-bond donors (Lipinski definition) is 1. The minimum Gasteiger partial charge on any atom is -0.489 e. The molecule has 0 saturated carbocycles. The Morgan fingerprint density at radius 3 is 2.54 bits per heavy atom. The van der Waals surface area contributed by atoms with Crippen LogP contribution in [0.1, 0.15) is 10.4 Å². The largest absolute Gasteiger partial charge is 0.489 e. The molecular formula is C19H18BrNO3. The summed E-state index contributed by atoms with van der Waals surface area (Å²) in [5.41, 5.74) is 1.18. The molecule has 0 unspecified atom stereocenters. The molecule has 2 aromatic rings. The van der Waals surface area contributed by atoms with Gasteiger partial charge in [0.2, 0.25) is 0 Å². The summed E-state index contributed by atoms with van der Waals surface area (Å²) in [5, 5.41) is 2.84. The zero-order valence-corrected chi connectivity index (χ0v) is 14.7. The molecule has 0 aliphatic rings. The van der Waals surface area contributed by atoms with Crippen LogP contribution in [0.5, 0.6) is 11.5 Å².